The van der Waals surface area contributed by atoms with Crippen LogP contribution in [0.15, 0.2) is 78.9 Å². The Balaban J connectivity index is 1.78. The van der Waals surface area contributed by atoms with E-state index in [1.54, 1.807) is 12.1 Å². The van der Waals surface area contributed by atoms with Gasteiger partial charge in [0.15, 0.2) is 0 Å². The van der Waals surface area contributed by atoms with Gasteiger partial charge in [-0.1, -0.05) is 60.7 Å². The van der Waals surface area contributed by atoms with Crippen LogP contribution in [0.4, 0.5) is 0 Å². The van der Waals surface area contributed by atoms with Gasteiger partial charge < -0.3 is 9.84 Å². The molecule has 3 aromatic carbocycles. The zero-order chi connectivity index (χ0) is 16.8. The molecule has 0 saturated carbocycles. The fourth-order valence-corrected chi connectivity index (χ4v) is 2.54. The highest BCUT2D eigenvalue weighted by molar-refractivity contribution is 5.91. The SMILES string of the molecule is O=C(OCc1ccccc1)c1ccc(O)cc1Cc1ccccc1. The topological polar surface area (TPSA) is 46.5 Å². The van der Waals surface area contributed by atoms with E-state index in [0.29, 0.717) is 12.0 Å². The third-order valence-electron chi connectivity index (χ3n) is 3.76. The third kappa shape index (κ3) is 4.02. The number of carbonyl (C=O) groups is 1. The molecule has 0 aliphatic carbocycles. The normalized spacial score (nSPS) is 10.3. The summed E-state index contributed by atoms with van der Waals surface area (Å²) in [5.74, 6) is -0.245. The number of aromatic hydroxyl groups is 1. The first-order valence-corrected chi connectivity index (χ1v) is 7.79. The van der Waals surface area contributed by atoms with Gasteiger partial charge in [-0.2, -0.15) is 0 Å². The Labute approximate surface area is 141 Å². The maximum Gasteiger partial charge on any atom is 0.338 e. The summed E-state index contributed by atoms with van der Waals surface area (Å²) in [5.41, 5.74) is 3.24. The Morgan fingerprint density at radius 2 is 1.46 bits per heavy atom. The zero-order valence-electron chi connectivity index (χ0n) is 13.2. The number of phenolic OH excluding ortho intramolecular Hbond substituents is 1. The Kier molecular flexibility index (Phi) is 4.92. The fourth-order valence-electron chi connectivity index (χ4n) is 2.54. The lowest BCUT2D eigenvalue weighted by Crippen LogP contribution is -2.09. The van der Waals surface area contributed by atoms with Crippen molar-refractivity contribution >= 4 is 5.97 Å². The summed E-state index contributed by atoms with van der Waals surface area (Å²) < 4.78 is 5.41. The molecule has 0 aliphatic heterocycles. The number of benzene rings is 3. The third-order valence-corrected chi connectivity index (χ3v) is 3.76. The van der Waals surface area contributed by atoms with Crippen LogP contribution in [-0.4, -0.2) is 11.1 Å². The molecule has 0 aromatic heterocycles. The molecule has 120 valence electrons. The van der Waals surface area contributed by atoms with E-state index in [0.717, 1.165) is 16.7 Å². The number of hydrogen-bond donors (Lipinski definition) is 1. The van der Waals surface area contributed by atoms with Crippen molar-refractivity contribution in [3.05, 3.63) is 101 Å². The Morgan fingerprint density at radius 3 is 2.12 bits per heavy atom. The molecule has 3 nitrogen and oxygen atoms in total. The number of carbonyl (C=O) groups excluding carboxylic acids is 1. The summed E-state index contributed by atoms with van der Waals surface area (Å²) in [6.07, 6.45) is 0.561. The van der Waals surface area contributed by atoms with Gasteiger partial charge in [-0.25, -0.2) is 4.79 Å². The molecular formula is C21H18O3. The molecule has 0 saturated heterocycles. The van der Waals surface area contributed by atoms with Gasteiger partial charge in [0.25, 0.3) is 0 Å². The summed E-state index contributed by atoms with van der Waals surface area (Å²) in [6.45, 7) is 0.228. The molecule has 24 heavy (non-hydrogen) atoms. The largest absolute Gasteiger partial charge is 0.508 e. The molecule has 0 amide bonds. The van der Waals surface area contributed by atoms with Crippen molar-refractivity contribution in [2.45, 2.75) is 13.0 Å². The maximum atomic E-state index is 12.4. The molecule has 0 aliphatic rings. The quantitative estimate of drug-likeness (QED) is 0.712. The van der Waals surface area contributed by atoms with E-state index in [1.807, 2.05) is 60.7 Å². The summed E-state index contributed by atoms with van der Waals surface area (Å²) in [7, 11) is 0. The van der Waals surface area contributed by atoms with Crippen molar-refractivity contribution in [2.24, 2.45) is 0 Å². The predicted octanol–water partition coefficient (Wildman–Crippen LogP) is 4.34. The first-order chi connectivity index (χ1) is 11.7. The van der Waals surface area contributed by atoms with E-state index in [2.05, 4.69) is 0 Å². The predicted molar refractivity (Wildman–Crippen MR) is 92.9 cm³/mol. The molecule has 1 N–H and O–H groups in total. The second-order valence-electron chi connectivity index (χ2n) is 5.57. The lowest BCUT2D eigenvalue weighted by atomic mass is 9.99. The first kappa shape index (κ1) is 15.8. The standard InChI is InChI=1S/C21H18O3/c22-19-11-12-20(18(14-19)13-16-7-3-1-4-8-16)21(23)24-15-17-9-5-2-6-10-17/h1-12,14,22H,13,15H2. The molecule has 0 bridgehead atoms. The Bertz CT molecular complexity index is 811. The van der Waals surface area contributed by atoms with Crippen molar-refractivity contribution in [3.8, 4) is 5.75 Å². The van der Waals surface area contributed by atoms with Crippen molar-refractivity contribution in [1.82, 2.24) is 0 Å². The average molecular weight is 318 g/mol. The molecule has 0 heterocycles. The van der Waals surface area contributed by atoms with Gasteiger partial charge in [-0.15, -0.1) is 0 Å². The van der Waals surface area contributed by atoms with Gasteiger partial charge >= 0.3 is 5.97 Å². The highest BCUT2D eigenvalue weighted by Gasteiger charge is 2.14. The molecule has 3 aromatic rings. The van der Waals surface area contributed by atoms with Gasteiger partial charge in [-0.3, -0.25) is 0 Å². The fraction of sp³-hybridized carbons (Fsp3) is 0.0952. The lowest BCUT2D eigenvalue weighted by Gasteiger charge is -2.11. The van der Waals surface area contributed by atoms with E-state index < -0.39 is 0 Å². The van der Waals surface area contributed by atoms with E-state index in [4.69, 9.17) is 4.74 Å². The van der Waals surface area contributed by atoms with E-state index >= 15 is 0 Å². The zero-order valence-corrected chi connectivity index (χ0v) is 13.2. The summed E-state index contributed by atoms with van der Waals surface area (Å²) in [6, 6.07) is 24.1. The van der Waals surface area contributed by atoms with Crippen LogP contribution in [0.3, 0.4) is 0 Å². The smallest absolute Gasteiger partial charge is 0.338 e. The molecule has 3 heteroatoms. The van der Waals surface area contributed by atoms with Crippen LogP contribution in [0.2, 0.25) is 0 Å². The summed E-state index contributed by atoms with van der Waals surface area (Å²) in [5, 5.41) is 9.75. The number of phenols is 1. The van der Waals surface area contributed by atoms with Gasteiger partial charge in [0, 0.05) is 0 Å². The van der Waals surface area contributed by atoms with Gasteiger partial charge in [0.05, 0.1) is 5.56 Å². The van der Waals surface area contributed by atoms with Crippen LogP contribution < -0.4 is 0 Å². The van der Waals surface area contributed by atoms with Crippen molar-refractivity contribution in [2.75, 3.05) is 0 Å². The minimum atomic E-state index is -0.384. The Hall–Kier alpha value is -3.07. The highest BCUT2D eigenvalue weighted by Crippen LogP contribution is 2.21. The molecule has 0 fully saturated rings. The van der Waals surface area contributed by atoms with Crippen LogP contribution in [0.5, 0.6) is 5.75 Å². The average Bonchev–Trinajstić information content (AvgIpc) is 2.62. The molecule has 0 spiro atoms. The second-order valence-corrected chi connectivity index (χ2v) is 5.57. The van der Waals surface area contributed by atoms with Crippen LogP contribution in [0.1, 0.15) is 27.0 Å². The van der Waals surface area contributed by atoms with Crippen molar-refractivity contribution < 1.29 is 14.6 Å². The lowest BCUT2D eigenvalue weighted by molar-refractivity contribution is 0.0471. The van der Waals surface area contributed by atoms with Gasteiger partial charge in [0.2, 0.25) is 0 Å². The van der Waals surface area contributed by atoms with Crippen LogP contribution in [0.25, 0.3) is 0 Å². The molecule has 0 radical (unpaired) electrons. The van der Waals surface area contributed by atoms with E-state index in [-0.39, 0.29) is 18.3 Å². The second kappa shape index (κ2) is 7.47. The highest BCUT2D eigenvalue weighted by atomic mass is 16.5. The van der Waals surface area contributed by atoms with Crippen LogP contribution in [0, 0.1) is 0 Å². The van der Waals surface area contributed by atoms with Crippen molar-refractivity contribution in [3.63, 3.8) is 0 Å². The maximum absolute atomic E-state index is 12.4. The summed E-state index contributed by atoms with van der Waals surface area (Å²) >= 11 is 0. The molecule has 3 rings (SSSR count). The van der Waals surface area contributed by atoms with E-state index in [1.165, 1.54) is 6.07 Å². The first-order valence-electron chi connectivity index (χ1n) is 7.79. The van der Waals surface area contributed by atoms with E-state index in [9.17, 15) is 9.90 Å². The minimum Gasteiger partial charge on any atom is -0.508 e. The summed E-state index contributed by atoms with van der Waals surface area (Å²) in [4.78, 5) is 12.4. The van der Waals surface area contributed by atoms with Gasteiger partial charge in [0.1, 0.15) is 12.4 Å². The molecular weight excluding hydrogens is 300 g/mol. The van der Waals surface area contributed by atoms with Gasteiger partial charge in [-0.05, 0) is 41.3 Å². The Morgan fingerprint density at radius 1 is 0.833 bits per heavy atom. The van der Waals surface area contributed by atoms with Crippen molar-refractivity contribution in [1.29, 1.82) is 0 Å². The number of ether oxygens (including phenoxy) is 1. The minimum absolute atomic E-state index is 0.139. The van der Waals surface area contributed by atoms with Crippen LogP contribution in [-0.2, 0) is 17.8 Å². The molecule has 0 atom stereocenters. The molecule has 0 unspecified atom stereocenters. The van der Waals surface area contributed by atoms with Crippen LogP contribution >= 0.6 is 0 Å². The monoisotopic (exact) mass is 318 g/mol. The number of rotatable bonds is 5. The number of esters is 1. The number of hydrogen-bond acceptors (Lipinski definition) is 3.